The van der Waals surface area contributed by atoms with Crippen LogP contribution in [0.15, 0.2) is 28.9 Å². The zero-order valence-electron chi connectivity index (χ0n) is 11.9. The maximum Gasteiger partial charge on any atom is 0.240 e. The van der Waals surface area contributed by atoms with Gasteiger partial charge in [-0.25, -0.2) is 4.98 Å². The fourth-order valence-electron chi connectivity index (χ4n) is 2.58. The molecule has 1 saturated heterocycles. The number of nitrogens with two attached hydrogens (primary N) is 1. The Hall–Kier alpha value is -1.99. The summed E-state index contributed by atoms with van der Waals surface area (Å²) in [6.07, 6.45) is 2.97. The summed E-state index contributed by atoms with van der Waals surface area (Å²) in [5, 5.41) is 7.32. The third kappa shape index (κ3) is 3.77. The average Bonchev–Trinajstić information content (AvgIpc) is 3.16. The molecule has 0 aliphatic carbocycles. The smallest absolute Gasteiger partial charge is 0.240 e. The van der Waals surface area contributed by atoms with Crippen LogP contribution >= 0.6 is 0 Å². The molecular formula is C14H20N6O. The van der Waals surface area contributed by atoms with Gasteiger partial charge in [-0.3, -0.25) is 4.90 Å². The minimum Gasteiger partial charge on any atom is -0.370 e. The van der Waals surface area contributed by atoms with Crippen molar-refractivity contribution in [3.05, 3.63) is 36.1 Å². The Morgan fingerprint density at radius 2 is 2.38 bits per heavy atom. The Labute approximate surface area is 123 Å². The number of rotatable bonds is 6. The van der Waals surface area contributed by atoms with Crippen molar-refractivity contribution in [1.29, 1.82) is 0 Å². The standard InChI is InChI=1S/C14H20N6O/c15-7-14-18-13(19-21-14)10-20-6-4-11(9-20)8-17-12-3-1-2-5-16-12/h1-3,5,11H,4,6-10,15H2,(H,16,17). The molecule has 0 spiro atoms. The quantitative estimate of drug-likeness (QED) is 0.814. The summed E-state index contributed by atoms with van der Waals surface area (Å²) in [5.41, 5.74) is 5.46. The number of nitrogens with zero attached hydrogens (tertiary/aromatic N) is 4. The van der Waals surface area contributed by atoms with Gasteiger partial charge in [0.1, 0.15) is 5.82 Å². The number of aromatic nitrogens is 3. The molecule has 1 fully saturated rings. The summed E-state index contributed by atoms with van der Waals surface area (Å²) < 4.78 is 5.02. The van der Waals surface area contributed by atoms with Gasteiger partial charge >= 0.3 is 0 Å². The van der Waals surface area contributed by atoms with Gasteiger partial charge in [-0.15, -0.1) is 0 Å². The molecular weight excluding hydrogens is 268 g/mol. The van der Waals surface area contributed by atoms with Crippen molar-refractivity contribution in [2.45, 2.75) is 19.5 Å². The zero-order chi connectivity index (χ0) is 14.5. The van der Waals surface area contributed by atoms with Gasteiger partial charge in [0.15, 0.2) is 5.82 Å². The van der Waals surface area contributed by atoms with Gasteiger partial charge in [-0.1, -0.05) is 11.2 Å². The van der Waals surface area contributed by atoms with Crippen LogP contribution in [-0.4, -0.2) is 39.7 Å². The van der Waals surface area contributed by atoms with E-state index in [0.717, 1.165) is 32.0 Å². The maximum atomic E-state index is 5.46. The lowest BCUT2D eigenvalue weighted by Gasteiger charge is -2.14. The zero-order valence-corrected chi connectivity index (χ0v) is 11.9. The second-order valence-electron chi connectivity index (χ2n) is 5.29. The number of anilines is 1. The minimum absolute atomic E-state index is 0.295. The topological polar surface area (TPSA) is 93.1 Å². The molecule has 3 rings (SSSR count). The first-order chi connectivity index (χ1) is 10.3. The molecule has 0 radical (unpaired) electrons. The molecule has 2 aromatic heterocycles. The lowest BCUT2D eigenvalue weighted by molar-refractivity contribution is 0.300. The number of likely N-dealkylation sites (tertiary alicyclic amines) is 1. The highest BCUT2D eigenvalue weighted by Crippen LogP contribution is 2.18. The Balaban J connectivity index is 1.44. The first-order valence-electron chi connectivity index (χ1n) is 7.22. The van der Waals surface area contributed by atoms with Crippen LogP contribution < -0.4 is 11.1 Å². The van der Waals surface area contributed by atoms with E-state index in [1.807, 2.05) is 18.2 Å². The summed E-state index contributed by atoms with van der Waals surface area (Å²) in [6.45, 7) is 4.05. The molecule has 0 bridgehead atoms. The third-order valence-corrected chi connectivity index (χ3v) is 3.66. The van der Waals surface area contributed by atoms with E-state index < -0.39 is 0 Å². The Morgan fingerprint density at radius 1 is 1.43 bits per heavy atom. The first-order valence-corrected chi connectivity index (χ1v) is 7.22. The van der Waals surface area contributed by atoms with Gasteiger partial charge in [0.2, 0.25) is 5.89 Å². The lowest BCUT2D eigenvalue weighted by atomic mass is 10.1. The highest BCUT2D eigenvalue weighted by molar-refractivity contribution is 5.33. The second-order valence-corrected chi connectivity index (χ2v) is 5.29. The summed E-state index contributed by atoms with van der Waals surface area (Å²) in [5.74, 6) is 2.76. The largest absolute Gasteiger partial charge is 0.370 e. The fourth-order valence-corrected chi connectivity index (χ4v) is 2.58. The molecule has 0 saturated carbocycles. The van der Waals surface area contributed by atoms with Gasteiger partial charge in [0, 0.05) is 19.3 Å². The number of hydrogen-bond acceptors (Lipinski definition) is 7. The van der Waals surface area contributed by atoms with Gasteiger partial charge in [-0.05, 0) is 31.0 Å². The van der Waals surface area contributed by atoms with Crippen LogP contribution in [0.3, 0.4) is 0 Å². The molecule has 0 amide bonds. The van der Waals surface area contributed by atoms with E-state index in [1.165, 1.54) is 6.42 Å². The third-order valence-electron chi connectivity index (χ3n) is 3.66. The van der Waals surface area contributed by atoms with Crippen molar-refractivity contribution in [3.8, 4) is 0 Å². The van der Waals surface area contributed by atoms with Crippen LogP contribution in [0.1, 0.15) is 18.1 Å². The van der Waals surface area contributed by atoms with Crippen LogP contribution in [0.4, 0.5) is 5.82 Å². The summed E-state index contributed by atoms with van der Waals surface area (Å²) in [4.78, 5) is 10.9. The average molecular weight is 288 g/mol. The Morgan fingerprint density at radius 3 is 3.14 bits per heavy atom. The van der Waals surface area contributed by atoms with E-state index in [-0.39, 0.29) is 0 Å². The van der Waals surface area contributed by atoms with E-state index in [0.29, 0.717) is 24.2 Å². The van der Waals surface area contributed by atoms with E-state index >= 15 is 0 Å². The van der Waals surface area contributed by atoms with Crippen molar-refractivity contribution >= 4 is 5.82 Å². The van der Waals surface area contributed by atoms with Crippen LogP contribution in [-0.2, 0) is 13.1 Å². The fraction of sp³-hybridized carbons (Fsp3) is 0.500. The molecule has 1 atom stereocenters. The Bertz CT molecular complexity index is 558. The number of pyridine rings is 1. The predicted molar refractivity (Wildman–Crippen MR) is 78.3 cm³/mol. The molecule has 3 heterocycles. The van der Waals surface area contributed by atoms with Crippen LogP contribution in [0.5, 0.6) is 0 Å². The van der Waals surface area contributed by atoms with Crippen molar-refractivity contribution in [1.82, 2.24) is 20.0 Å². The van der Waals surface area contributed by atoms with Crippen molar-refractivity contribution in [2.24, 2.45) is 11.7 Å². The second kappa shape index (κ2) is 6.64. The molecule has 0 aromatic carbocycles. The van der Waals surface area contributed by atoms with E-state index in [1.54, 1.807) is 6.20 Å². The highest BCUT2D eigenvalue weighted by Gasteiger charge is 2.23. The van der Waals surface area contributed by atoms with Crippen LogP contribution in [0.25, 0.3) is 0 Å². The van der Waals surface area contributed by atoms with Gasteiger partial charge in [-0.2, -0.15) is 4.98 Å². The van der Waals surface area contributed by atoms with E-state index in [2.05, 4.69) is 25.3 Å². The molecule has 1 aliphatic heterocycles. The summed E-state index contributed by atoms with van der Waals surface area (Å²) >= 11 is 0. The molecule has 21 heavy (non-hydrogen) atoms. The molecule has 7 heteroatoms. The lowest BCUT2D eigenvalue weighted by Crippen LogP contribution is -2.23. The van der Waals surface area contributed by atoms with Crippen molar-refractivity contribution in [3.63, 3.8) is 0 Å². The first kappa shape index (κ1) is 14.0. The van der Waals surface area contributed by atoms with Crippen molar-refractivity contribution < 1.29 is 4.52 Å². The molecule has 1 aliphatic rings. The SMILES string of the molecule is NCc1nc(CN2CCC(CNc3ccccn3)C2)no1. The van der Waals surface area contributed by atoms with Gasteiger partial charge in [0.25, 0.3) is 0 Å². The normalized spacial score (nSPS) is 19.0. The summed E-state index contributed by atoms with van der Waals surface area (Å²) in [6, 6.07) is 5.89. The maximum absolute atomic E-state index is 5.46. The van der Waals surface area contributed by atoms with Gasteiger partial charge < -0.3 is 15.6 Å². The molecule has 7 nitrogen and oxygen atoms in total. The number of hydrogen-bond donors (Lipinski definition) is 2. The van der Waals surface area contributed by atoms with E-state index in [9.17, 15) is 0 Å². The number of nitrogens with one attached hydrogen (secondary N) is 1. The van der Waals surface area contributed by atoms with Crippen molar-refractivity contribution in [2.75, 3.05) is 25.0 Å². The summed E-state index contributed by atoms with van der Waals surface area (Å²) in [7, 11) is 0. The monoisotopic (exact) mass is 288 g/mol. The minimum atomic E-state index is 0.295. The highest BCUT2D eigenvalue weighted by atomic mass is 16.5. The van der Waals surface area contributed by atoms with Crippen LogP contribution in [0.2, 0.25) is 0 Å². The molecule has 3 N–H and O–H groups in total. The van der Waals surface area contributed by atoms with E-state index in [4.69, 9.17) is 10.3 Å². The van der Waals surface area contributed by atoms with Crippen LogP contribution in [0, 0.1) is 5.92 Å². The molecule has 112 valence electrons. The molecule has 2 aromatic rings. The Kier molecular flexibility index (Phi) is 4.42. The predicted octanol–water partition coefficient (Wildman–Crippen LogP) is 0.857. The van der Waals surface area contributed by atoms with Gasteiger partial charge in [0.05, 0.1) is 13.1 Å². The molecule has 1 unspecified atom stereocenters.